The molecule has 3 rings (SSSR count). The van der Waals surface area contributed by atoms with E-state index in [2.05, 4.69) is 0 Å². The van der Waals surface area contributed by atoms with Crippen LogP contribution < -0.4 is 9.64 Å². The number of hydrogen-bond donors (Lipinski definition) is 0. The first-order valence-electron chi connectivity index (χ1n) is 8.05. The fourth-order valence-electron chi connectivity index (χ4n) is 3.00. The maximum Gasteiger partial charge on any atom is 0.238 e. The zero-order chi connectivity index (χ0) is 18.1. The number of hydrogen-bond acceptors (Lipinski definition) is 3. The van der Waals surface area contributed by atoms with E-state index in [1.807, 2.05) is 32.9 Å². The van der Waals surface area contributed by atoms with Crippen molar-refractivity contribution in [3.05, 3.63) is 57.9 Å². The Bertz CT molecular complexity index is 804. The molecule has 1 aliphatic heterocycles. The van der Waals surface area contributed by atoms with Crippen LogP contribution in [0.1, 0.15) is 29.0 Å². The van der Waals surface area contributed by atoms with Crippen molar-refractivity contribution in [2.24, 2.45) is 0 Å². The molecule has 0 radical (unpaired) electrons. The molecule has 2 aromatic carbocycles. The lowest BCUT2D eigenvalue weighted by molar-refractivity contribution is -0.115. The van der Waals surface area contributed by atoms with E-state index in [4.69, 9.17) is 16.3 Å². The van der Waals surface area contributed by atoms with Crippen molar-refractivity contribution < 1.29 is 13.9 Å². The number of aryl methyl sites for hydroxylation is 2. The van der Waals surface area contributed by atoms with Gasteiger partial charge >= 0.3 is 0 Å². The van der Waals surface area contributed by atoms with Gasteiger partial charge in [-0.25, -0.2) is 4.39 Å². The number of ether oxygens (including phenoxy) is 1. The summed E-state index contributed by atoms with van der Waals surface area (Å²) in [6, 6.07) is 8.31. The summed E-state index contributed by atoms with van der Waals surface area (Å²) < 4.78 is 19.3. The molecule has 1 saturated heterocycles. The van der Waals surface area contributed by atoms with Crippen molar-refractivity contribution in [3.63, 3.8) is 0 Å². The number of amides is 1. The fraction of sp³-hybridized carbons (Fsp3) is 0.316. The minimum atomic E-state index is -0.357. The summed E-state index contributed by atoms with van der Waals surface area (Å²) in [7, 11) is 0. The van der Waals surface area contributed by atoms with E-state index in [0.29, 0.717) is 28.8 Å². The lowest BCUT2D eigenvalue weighted by Gasteiger charge is -2.26. The normalized spacial score (nSPS) is 17.2. The predicted octanol–water partition coefficient (Wildman–Crippen LogP) is 5.27. The van der Waals surface area contributed by atoms with E-state index >= 15 is 0 Å². The molecule has 1 heterocycles. The molecule has 2 aromatic rings. The van der Waals surface area contributed by atoms with Crippen molar-refractivity contribution in [1.29, 1.82) is 0 Å². The number of carbonyl (C=O) groups excluding carboxylic acids is 1. The highest BCUT2D eigenvalue weighted by Crippen LogP contribution is 2.45. The van der Waals surface area contributed by atoms with Gasteiger partial charge in [0, 0.05) is 0 Å². The third-order valence-electron chi connectivity index (χ3n) is 4.12. The minimum absolute atomic E-state index is 0.0358. The molecule has 132 valence electrons. The number of nitrogens with zero attached hydrogens (tertiary/aromatic N) is 1. The van der Waals surface area contributed by atoms with Gasteiger partial charge in [0.15, 0.2) is 0 Å². The molecule has 1 fully saturated rings. The van der Waals surface area contributed by atoms with Gasteiger partial charge in [0.2, 0.25) is 5.91 Å². The maximum absolute atomic E-state index is 13.7. The zero-order valence-corrected chi connectivity index (χ0v) is 15.9. The highest BCUT2D eigenvalue weighted by Gasteiger charge is 2.35. The number of halogens is 2. The Balaban J connectivity index is 2.04. The molecule has 0 N–H and O–H groups in total. The lowest BCUT2D eigenvalue weighted by Crippen LogP contribution is -2.28. The maximum atomic E-state index is 13.7. The van der Waals surface area contributed by atoms with Gasteiger partial charge in [-0.1, -0.05) is 17.7 Å². The van der Waals surface area contributed by atoms with Crippen LogP contribution in [0.15, 0.2) is 30.3 Å². The van der Waals surface area contributed by atoms with E-state index in [0.717, 1.165) is 16.7 Å². The molecule has 1 amide bonds. The molecule has 3 nitrogen and oxygen atoms in total. The van der Waals surface area contributed by atoms with Crippen LogP contribution in [0.25, 0.3) is 0 Å². The number of anilines is 1. The van der Waals surface area contributed by atoms with Crippen LogP contribution in [-0.2, 0) is 4.79 Å². The van der Waals surface area contributed by atoms with Crippen molar-refractivity contribution in [3.8, 4) is 5.75 Å². The van der Waals surface area contributed by atoms with E-state index < -0.39 is 0 Å². The first-order chi connectivity index (χ1) is 11.9. The van der Waals surface area contributed by atoms with Crippen LogP contribution in [0.3, 0.4) is 0 Å². The molecule has 1 atom stereocenters. The van der Waals surface area contributed by atoms with Crippen LogP contribution in [0.4, 0.5) is 10.1 Å². The molecule has 0 saturated carbocycles. The SMILES string of the molecule is CCOc1c(C)cc(C2SCC(=O)N2c2cc(F)ccc2C)cc1Cl. The highest BCUT2D eigenvalue weighted by atomic mass is 35.5. The lowest BCUT2D eigenvalue weighted by atomic mass is 10.1. The van der Waals surface area contributed by atoms with E-state index in [1.54, 1.807) is 11.0 Å². The first kappa shape index (κ1) is 18.1. The quantitative estimate of drug-likeness (QED) is 0.724. The van der Waals surface area contributed by atoms with E-state index in [1.165, 1.54) is 23.9 Å². The summed E-state index contributed by atoms with van der Waals surface area (Å²) in [5.41, 5.74) is 3.28. The second-order valence-corrected chi connectivity index (χ2v) is 7.42. The van der Waals surface area contributed by atoms with Gasteiger partial charge in [-0.2, -0.15) is 0 Å². The molecule has 1 aliphatic rings. The molecule has 0 spiro atoms. The summed E-state index contributed by atoms with van der Waals surface area (Å²) in [5.74, 6) is 0.622. The number of thioether (sulfide) groups is 1. The monoisotopic (exact) mass is 379 g/mol. The fourth-order valence-corrected chi connectivity index (χ4v) is 4.48. The Labute approximate surface area is 156 Å². The Morgan fingerprint density at radius 1 is 1.28 bits per heavy atom. The van der Waals surface area contributed by atoms with Crippen LogP contribution >= 0.6 is 23.4 Å². The van der Waals surface area contributed by atoms with Gasteiger partial charge in [0.25, 0.3) is 0 Å². The second-order valence-electron chi connectivity index (χ2n) is 5.94. The number of benzene rings is 2. The number of rotatable bonds is 4. The first-order valence-corrected chi connectivity index (χ1v) is 9.47. The average Bonchev–Trinajstić information content (AvgIpc) is 2.94. The van der Waals surface area contributed by atoms with Crippen molar-refractivity contribution in [2.45, 2.75) is 26.1 Å². The van der Waals surface area contributed by atoms with Crippen LogP contribution in [-0.4, -0.2) is 18.3 Å². The third-order valence-corrected chi connectivity index (χ3v) is 5.62. The highest BCUT2D eigenvalue weighted by molar-refractivity contribution is 8.00. The third kappa shape index (κ3) is 3.48. The standard InChI is InChI=1S/C19H19ClFNO2S/c1-4-24-18-12(3)7-13(8-15(18)20)19-22(17(23)10-25-19)16-9-14(21)6-5-11(16)2/h5-9,19H,4,10H2,1-3H3. The van der Waals surface area contributed by atoms with Gasteiger partial charge in [-0.15, -0.1) is 11.8 Å². The Kier molecular flexibility index (Phi) is 5.25. The molecular weight excluding hydrogens is 361 g/mol. The summed E-state index contributed by atoms with van der Waals surface area (Å²) in [6.07, 6.45) is 0. The van der Waals surface area contributed by atoms with E-state index in [-0.39, 0.29) is 17.1 Å². The Morgan fingerprint density at radius 2 is 2.04 bits per heavy atom. The van der Waals surface area contributed by atoms with Gasteiger partial charge in [0.1, 0.15) is 16.9 Å². The van der Waals surface area contributed by atoms with Crippen LogP contribution in [0.5, 0.6) is 5.75 Å². The topological polar surface area (TPSA) is 29.5 Å². The summed E-state index contributed by atoms with van der Waals surface area (Å²) in [6.45, 7) is 6.24. The molecular formula is C19H19ClFNO2S. The van der Waals surface area contributed by atoms with Gasteiger partial charge in [-0.3, -0.25) is 9.69 Å². The van der Waals surface area contributed by atoms with Crippen molar-refractivity contribution in [2.75, 3.05) is 17.3 Å². The number of carbonyl (C=O) groups is 1. The summed E-state index contributed by atoms with van der Waals surface area (Å²) >= 11 is 7.89. The van der Waals surface area contributed by atoms with Crippen LogP contribution in [0.2, 0.25) is 5.02 Å². The zero-order valence-electron chi connectivity index (χ0n) is 14.3. The van der Waals surface area contributed by atoms with Crippen LogP contribution in [0, 0.1) is 19.7 Å². The van der Waals surface area contributed by atoms with Gasteiger partial charge in [0.05, 0.1) is 23.1 Å². The second kappa shape index (κ2) is 7.26. The molecule has 0 aliphatic carbocycles. The molecule has 1 unspecified atom stereocenters. The van der Waals surface area contributed by atoms with Crippen molar-refractivity contribution in [1.82, 2.24) is 0 Å². The largest absolute Gasteiger partial charge is 0.492 e. The molecule has 25 heavy (non-hydrogen) atoms. The minimum Gasteiger partial charge on any atom is -0.492 e. The van der Waals surface area contributed by atoms with Crippen molar-refractivity contribution >= 4 is 35.0 Å². The smallest absolute Gasteiger partial charge is 0.238 e. The molecule has 6 heteroatoms. The molecule has 0 aromatic heterocycles. The predicted molar refractivity (Wildman–Crippen MR) is 101 cm³/mol. The molecule has 0 bridgehead atoms. The summed E-state index contributed by atoms with van der Waals surface area (Å²) in [4.78, 5) is 14.1. The van der Waals surface area contributed by atoms with Gasteiger partial charge in [-0.05, 0) is 61.7 Å². The van der Waals surface area contributed by atoms with E-state index in [9.17, 15) is 9.18 Å². The Morgan fingerprint density at radius 3 is 2.72 bits per heavy atom. The Hall–Kier alpha value is -1.72. The van der Waals surface area contributed by atoms with Gasteiger partial charge < -0.3 is 4.74 Å². The average molecular weight is 380 g/mol. The summed E-state index contributed by atoms with van der Waals surface area (Å²) in [5, 5.41) is 0.285.